The molecule has 4 N–H and O–H groups in total. The first kappa shape index (κ1) is 11.1. The highest BCUT2D eigenvalue weighted by Crippen LogP contribution is 2.24. The Labute approximate surface area is 87.9 Å². The second-order valence-electron chi connectivity index (χ2n) is 3.14. The van der Waals surface area contributed by atoms with Crippen LogP contribution in [0.5, 0.6) is 0 Å². The first-order chi connectivity index (χ1) is 6.09. The zero-order valence-electron chi connectivity index (χ0n) is 7.21. The molecule has 0 spiro atoms. The summed E-state index contributed by atoms with van der Waals surface area (Å²) < 4.78 is 0. The topological polar surface area (TPSA) is 58.3 Å². The van der Waals surface area contributed by atoms with Crippen molar-refractivity contribution in [1.29, 1.82) is 0 Å². The molecule has 3 unspecified atom stereocenters. The molecule has 3 nitrogen and oxygen atoms in total. The van der Waals surface area contributed by atoms with Gasteiger partial charge in [-0.2, -0.15) is 0 Å². The normalized spacial score (nSPS) is 30.9. The standard InChI is InChI=1S/C8H14Cl2N2O/c9-6-2-1-5(3-7(6)10)12-4-8(11)13/h3,6-8,12-13H,1-2,4,11H2. The lowest BCUT2D eigenvalue weighted by Crippen LogP contribution is -2.34. The van der Waals surface area contributed by atoms with Gasteiger partial charge >= 0.3 is 0 Å². The SMILES string of the molecule is NC(O)CNC1=CC(Cl)C(Cl)CC1. The quantitative estimate of drug-likeness (QED) is 0.490. The molecule has 0 bridgehead atoms. The van der Waals surface area contributed by atoms with Gasteiger partial charge in [0, 0.05) is 5.70 Å². The van der Waals surface area contributed by atoms with Crippen molar-refractivity contribution in [1.82, 2.24) is 5.32 Å². The number of hydrogen-bond acceptors (Lipinski definition) is 3. The summed E-state index contributed by atoms with van der Waals surface area (Å²) in [6.07, 6.45) is 2.77. The van der Waals surface area contributed by atoms with Gasteiger partial charge in [0.25, 0.3) is 0 Å². The smallest absolute Gasteiger partial charge is 0.119 e. The molecule has 0 aromatic carbocycles. The fourth-order valence-electron chi connectivity index (χ4n) is 1.22. The van der Waals surface area contributed by atoms with Crippen molar-refractivity contribution in [3.8, 4) is 0 Å². The zero-order valence-corrected chi connectivity index (χ0v) is 8.72. The van der Waals surface area contributed by atoms with Gasteiger partial charge in [-0.15, -0.1) is 23.2 Å². The first-order valence-corrected chi connectivity index (χ1v) is 5.13. The van der Waals surface area contributed by atoms with Crippen LogP contribution >= 0.6 is 23.2 Å². The molecule has 0 saturated heterocycles. The molecule has 3 atom stereocenters. The number of allylic oxidation sites excluding steroid dienone is 2. The predicted octanol–water partition coefficient (Wildman–Crippen LogP) is 0.746. The van der Waals surface area contributed by atoms with Crippen LogP contribution in [0.4, 0.5) is 0 Å². The van der Waals surface area contributed by atoms with Gasteiger partial charge in [0.15, 0.2) is 0 Å². The predicted molar refractivity (Wildman–Crippen MR) is 54.8 cm³/mol. The van der Waals surface area contributed by atoms with Crippen molar-refractivity contribution in [3.05, 3.63) is 11.8 Å². The maximum absolute atomic E-state index is 8.83. The molecule has 0 aromatic heterocycles. The van der Waals surface area contributed by atoms with Crippen LogP contribution in [-0.2, 0) is 0 Å². The highest BCUT2D eigenvalue weighted by atomic mass is 35.5. The lowest BCUT2D eigenvalue weighted by atomic mass is 10.0. The van der Waals surface area contributed by atoms with Crippen molar-refractivity contribution in [2.24, 2.45) is 5.73 Å². The van der Waals surface area contributed by atoms with Crippen LogP contribution in [0, 0.1) is 0 Å². The monoisotopic (exact) mass is 224 g/mol. The number of alkyl halides is 2. The van der Waals surface area contributed by atoms with Gasteiger partial charge in [0.1, 0.15) is 6.23 Å². The van der Waals surface area contributed by atoms with Crippen LogP contribution in [0.25, 0.3) is 0 Å². The Morgan fingerprint density at radius 2 is 2.38 bits per heavy atom. The summed E-state index contributed by atoms with van der Waals surface area (Å²) in [5, 5.41) is 11.7. The Morgan fingerprint density at radius 1 is 1.69 bits per heavy atom. The molecule has 0 radical (unpaired) electrons. The number of aliphatic hydroxyl groups excluding tert-OH is 1. The van der Waals surface area contributed by atoms with Gasteiger partial charge < -0.3 is 16.2 Å². The molecule has 0 amide bonds. The fraction of sp³-hybridized carbons (Fsp3) is 0.750. The molecule has 1 aliphatic carbocycles. The van der Waals surface area contributed by atoms with Crippen molar-refractivity contribution >= 4 is 23.2 Å². The summed E-state index contributed by atoms with van der Waals surface area (Å²) in [4.78, 5) is 0. The van der Waals surface area contributed by atoms with E-state index in [2.05, 4.69) is 5.32 Å². The third kappa shape index (κ3) is 3.73. The number of rotatable bonds is 3. The van der Waals surface area contributed by atoms with E-state index in [0.717, 1.165) is 18.5 Å². The van der Waals surface area contributed by atoms with Crippen molar-refractivity contribution in [2.75, 3.05) is 6.54 Å². The van der Waals surface area contributed by atoms with E-state index >= 15 is 0 Å². The van der Waals surface area contributed by atoms with E-state index in [-0.39, 0.29) is 10.8 Å². The van der Waals surface area contributed by atoms with Gasteiger partial charge in [0.05, 0.1) is 17.3 Å². The average Bonchev–Trinajstić information content (AvgIpc) is 2.07. The minimum Gasteiger partial charge on any atom is -0.385 e. The summed E-state index contributed by atoms with van der Waals surface area (Å²) in [5.41, 5.74) is 6.19. The summed E-state index contributed by atoms with van der Waals surface area (Å²) in [5.74, 6) is 0. The first-order valence-electron chi connectivity index (χ1n) is 4.26. The van der Waals surface area contributed by atoms with E-state index in [1.54, 1.807) is 0 Å². The Hall–Kier alpha value is 0.0400. The zero-order chi connectivity index (χ0) is 9.84. The van der Waals surface area contributed by atoms with Crippen LogP contribution in [0.15, 0.2) is 11.8 Å². The number of aliphatic hydroxyl groups is 1. The Bertz CT molecular complexity index is 197. The average molecular weight is 225 g/mol. The largest absolute Gasteiger partial charge is 0.385 e. The van der Waals surface area contributed by atoms with Crippen LogP contribution in [0.2, 0.25) is 0 Å². The highest BCUT2D eigenvalue weighted by Gasteiger charge is 2.20. The van der Waals surface area contributed by atoms with E-state index in [0.29, 0.717) is 6.54 Å². The number of halogens is 2. The maximum atomic E-state index is 8.83. The van der Waals surface area contributed by atoms with Crippen molar-refractivity contribution in [2.45, 2.75) is 29.8 Å². The van der Waals surface area contributed by atoms with E-state index in [1.807, 2.05) is 6.08 Å². The van der Waals surface area contributed by atoms with Gasteiger partial charge in [0.2, 0.25) is 0 Å². The molecule has 13 heavy (non-hydrogen) atoms. The lowest BCUT2D eigenvalue weighted by Gasteiger charge is -2.22. The number of nitrogens with one attached hydrogen (secondary N) is 1. The third-order valence-electron chi connectivity index (χ3n) is 1.93. The van der Waals surface area contributed by atoms with E-state index < -0.39 is 6.23 Å². The number of hydrogen-bond donors (Lipinski definition) is 3. The molecule has 0 aliphatic heterocycles. The van der Waals surface area contributed by atoms with Gasteiger partial charge in [-0.3, -0.25) is 0 Å². The maximum Gasteiger partial charge on any atom is 0.119 e. The summed E-state index contributed by atoms with van der Waals surface area (Å²) in [6, 6.07) is 0. The van der Waals surface area contributed by atoms with Gasteiger partial charge in [-0.05, 0) is 18.9 Å². The summed E-state index contributed by atoms with van der Waals surface area (Å²) in [7, 11) is 0. The molecule has 76 valence electrons. The van der Waals surface area contributed by atoms with Crippen molar-refractivity contribution in [3.63, 3.8) is 0 Å². The molecular formula is C8H14Cl2N2O. The van der Waals surface area contributed by atoms with Crippen LogP contribution in [-0.4, -0.2) is 28.6 Å². The molecule has 0 aromatic rings. The molecule has 1 aliphatic rings. The molecule has 0 saturated carbocycles. The second-order valence-corrected chi connectivity index (χ2v) is 4.20. The third-order valence-corrected chi connectivity index (χ3v) is 2.98. The van der Waals surface area contributed by atoms with Crippen LogP contribution in [0.3, 0.4) is 0 Å². The van der Waals surface area contributed by atoms with E-state index in [1.165, 1.54) is 0 Å². The minimum absolute atomic E-state index is 0.00927. The molecule has 0 fully saturated rings. The van der Waals surface area contributed by atoms with Crippen LogP contribution in [0.1, 0.15) is 12.8 Å². The fourth-order valence-corrected chi connectivity index (χ4v) is 1.68. The van der Waals surface area contributed by atoms with Crippen molar-refractivity contribution < 1.29 is 5.11 Å². The second kappa shape index (κ2) is 5.05. The number of nitrogens with two attached hydrogens (primary N) is 1. The Morgan fingerprint density at radius 3 is 2.92 bits per heavy atom. The highest BCUT2D eigenvalue weighted by molar-refractivity contribution is 6.31. The molecule has 5 heteroatoms. The van der Waals surface area contributed by atoms with E-state index in [9.17, 15) is 0 Å². The minimum atomic E-state index is -0.830. The molecule has 1 rings (SSSR count). The van der Waals surface area contributed by atoms with Gasteiger partial charge in [-0.25, -0.2) is 0 Å². The van der Waals surface area contributed by atoms with E-state index in [4.69, 9.17) is 34.0 Å². The Balaban J connectivity index is 2.38. The van der Waals surface area contributed by atoms with Gasteiger partial charge in [-0.1, -0.05) is 0 Å². The molecular weight excluding hydrogens is 211 g/mol. The lowest BCUT2D eigenvalue weighted by molar-refractivity contribution is 0.182. The summed E-state index contributed by atoms with van der Waals surface area (Å²) in [6.45, 7) is 0.350. The summed E-state index contributed by atoms with van der Waals surface area (Å²) >= 11 is 11.9. The van der Waals surface area contributed by atoms with Crippen LogP contribution < -0.4 is 11.1 Å². The molecule has 0 heterocycles. The Kier molecular flexibility index (Phi) is 4.32.